The van der Waals surface area contributed by atoms with Crippen LogP contribution >= 0.6 is 0 Å². The number of piperidine rings is 2. The number of nitrogens with zero attached hydrogens (tertiary/aromatic N) is 2. The number of imide groups is 1. The van der Waals surface area contributed by atoms with Crippen molar-refractivity contribution < 1.29 is 18.8 Å². The van der Waals surface area contributed by atoms with Crippen LogP contribution < -0.4 is 5.32 Å². The van der Waals surface area contributed by atoms with E-state index in [1.165, 1.54) is 40.5 Å². The zero-order valence-corrected chi connectivity index (χ0v) is 19.1. The first kappa shape index (κ1) is 21.5. The summed E-state index contributed by atoms with van der Waals surface area (Å²) in [7, 11) is 0. The second kappa shape index (κ2) is 8.31. The Labute approximate surface area is 198 Å². The lowest BCUT2D eigenvalue weighted by atomic mass is 9.84. The summed E-state index contributed by atoms with van der Waals surface area (Å²) >= 11 is 0. The molecule has 3 aliphatic heterocycles. The summed E-state index contributed by atoms with van der Waals surface area (Å²) in [5, 5.41) is 2.33. The second-order valence-corrected chi connectivity index (χ2v) is 10.1. The molecule has 2 aromatic carbocycles. The molecule has 176 valence electrons. The molecule has 2 saturated heterocycles. The fourth-order valence-corrected chi connectivity index (χ4v) is 6.02. The molecule has 0 spiro atoms. The highest BCUT2D eigenvalue weighted by Gasteiger charge is 2.41. The molecule has 0 bridgehead atoms. The topological polar surface area (TPSA) is 69.7 Å². The zero-order valence-electron chi connectivity index (χ0n) is 19.1. The molecule has 3 amide bonds. The van der Waals surface area contributed by atoms with E-state index in [1.54, 1.807) is 6.07 Å². The summed E-state index contributed by atoms with van der Waals surface area (Å²) in [4.78, 5) is 41.0. The molecule has 0 saturated carbocycles. The van der Waals surface area contributed by atoms with Gasteiger partial charge < -0.3 is 4.90 Å². The maximum Gasteiger partial charge on any atom is 0.255 e. The number of rotatable bonds is 4. The fraction of sp³-hybridized carbons (Fsp3) is 0.444. The van der Waals surface area contributed by atoms with Gasteiger partial charge in [0.05, 0.1) is 0 Å². The van der Waals surface area contributed by atoms with Gasteiger partial charge in [-0.25, -0.2) is 4.39 Å². The van der Waals surface area contributed by atoms with Crippen LogP contribution in [0.25, 0.3) is 0 Å². The fourth-order valence-electron chi connectivity index (χ4n) is 6.02. The molecule has 1 N–H and O–H groups in total. The molecule has 6 rings (SSSR count). The first-order valence-corrected chi connectivity index (χ1v) is 12.3. The van der Waals surface area contributed by atoms with Crippen molar-refractivity contribution in [2.45, 2.75) is 63.6 Å². The third-order valence-corrected chi connectivity index (χ3v) is 8.02. The number of aryl methyl sites for hydroxylation is 2. The van der Waals surface area contributed by atoms with Crippen molar-refractivity contribution in [2.24, 2.45) is 0 Å². The van der Waals surface area contributed by atoms with E-state index in [0.717, 1.165) is 43.6 Å². The number of hydrogen-bond donors (Lipinski definition) is 1. The number of hydrogen-bond acceptors (Lipinski definition) is 4. The van der Waals surface area contributed by atoms with Gasteiger partial charge in [-0.3, -0.25) is 24.6 Å². The average Bonchev–Trinajstić information content (AvgIpc) is 3.12. The molecule has 2 aromatic rings. The summed E-state index contributed by atoms with van der Waals surface area (Å²) in [5.74, 6) is -1.29. The van der Waals surface area contributed by atoms with Crippen LogP contribution in [-0.4, -0.2) is 46.7 Å². The summed E-state index contributed by atoms with van der Waals surface area (Å²) in [6, 6.07) is 9.02. The number of likely N-dealkylation sites (tertiary alicyclic amines) is 1. The normalized spacial score (nSPS) is 22.9. The molecule has 3 heterocycles. The van der Waals surface area contributed by atoms with Gasteiger partial charge in [0.2, 0.25) is 11.8 Å². The highest BCUT2D eigenvalue weighted by Crippen LogP contribution is 2.38. The van der Waals surface area contributed by atoms with Crippen molar-refractivity contribution in [2.75, 3.05) is 13.1 Å². The molecule has 34 heavy (non-hydrogen) atoms. The molecular formula is C27H28FN3O3. The largest absolute Gasteiger partial charge is 0.322 e. The predicted octanol–water partition coefficient (Wildman–Crippen LogP) is 3.06. The highest BCUT2D eigenvalue weighted by atomic mass is 19.1. The Morgan fingerprint density at radius 2 is 1.74 bits per heavy atom. The Bertz CT molecular complexity index is 1200. The number of benzene rings is 2. The predicted molar refractivity (Wildman–Crippen MR) is 124 cm³/mol. The number of carbonyl (C=O) groups is 3. The van der Waals surface area contributed by atoms with Gasteiger partial charge in [0.25, 0.3) is 5.91 Å². The third-order valence-electron chi connectivity index (χ3n) is 8.02. The lowest BCUT2D eigenvalue weighted by molar-refractivity contribution is -0.136. The van der Waals surface area contributed by atoms with Gasteiger partial charge in [-0.15, -0.1) is 0 Å². The van der Waals surface area contributed by atoms with Gasteiger partial charge >= 0.3 is 0 Å². The molecule has 1 aliphatic carbocycles. The van der Waals surface area contributed by atoms with Crippen LogP contribution in [0.1, 0.15) is 69.8 Å². The van der Waals surface area contributed by atoms with Gasteiger partial charge in [0, 0.05) is 25.1 Å². The number of nitrogens with one attached hydrogen (secondary N) is 1. The number of halogens is 1. The van der Waals surface area contributed by atoms with Gasteiger partial charge in [0.15, 0.2) is 0 Å². The summed E-state index contributed by atoms with van der Waals surface area (Å²) in [5.41, 5.74) is 6.42. The van der Waals surface area contributed by atoms with Crippen molar-refractivity contribution >= 4 is 17.7 Å². The molecule has 1 unspecified atom stereocenters. The first-order chi connectivity index (χ1) is 16.5. The van der Waals surface area contributed by atoms with Crippen molar-refractivity contribution in [3.63, 3.8) is 0 Å². The standard InChI is InChI=1S/C27H28FN3O3/c28-20-12-21(18-7-9-30(10-8-18)14-16-1-2-17-3-4-19(17)11-16)23-15-31(27(34)22(23)13-20)24-5-6-25(32)29-26(24)33/h1-2,11-13,18,24H,3-10,14-15H2,(H,29,32,33). The van der Waals surface area contributed by atoms with Gasteiger partial charge in [0.1, 0.15) is 11.9 Å². The minimum absolute atomic E-state index is 0.187. The van der Waals surface area contributed by atoms with Gasteiger partial charge in [-0.2, -0.15) is 0 Å². The summed E-state index contributed by atoms with van der Waals surface area (Å²) < 4.78 is 14.6. The number of amides is 3. The molecule has 0 aromatic heterocycles. The van der Waals surface area contributed by atoms with Crippen molar-refractivity contribution in [3.05, 3.63) is 69.5 Å². The smallest absolute Gasteiger partial charge is 0.255 e. The van der Waals surface area contributed by atoms with Crippen LogP contribution in [0.5, 0.6) is 0 Å². The van der Waals surface area contributed by atoms with Crippen LogP contribution in [0.4, 0.5) is 4.39 Å². The molecule has 0 radical (unpaired) electrons. The Morgan fingerprint density at radius 3 is 2.44 bits per heavy atom. The van der Waals surface area contributed by atoms with E-state index in [4.69, 9.17) is 0 Å². The molecule has 2 fully saturated rings. The van der Waals surface area contributed by atoms with Crippen LogP contribution in [0.15, 0.2) is 30.3 Å². The van der Waals surface area contributed by atoms with Crippen molar-refractivity contribution in [1.82, 2.24) is 15.1 Å². The SMILES string of the molecule is O=C1CCC(N2Cc3c(cc(F)cc3C3CCN(Cc4ccc5c(c4)CC5)CC3)C2=O)C(=O)N1. The molecular weight excluding hydrogens is 433 g/mol. The minimum atomic E-state index is -0.682. The third kappa shape index (κ3) is 3.72. The number of carbonyl (C=O) groups excluding carboxylic acids is 3. The number of fused-ring (bicyclic) bond motifs is 2. The second-order valence-electron chi connectivity index (χ2n) is 10.1. The summed E-state index contributed by atoms with van der Waals surface area (Å²) in [6.07, 6.45) is 4.72. The van der Waals surface area contributed by atoms with E-state index in [0.29, 0.717) is 18.5 Å². The first-order valence-electron chi connectivity index (χ1n) is 12.3. The van der Waals surface area contributed by atoms with E-state index in [2.05, 4.69) is 28.4 Å². The van der Waals surface area contributed by atoms with Crippen LogP contribution in [0, 0.1) is 5.82 Å². The summed E-state index contributed by atoms with van der Waals surface area (Å²) in [6.45, 7) is 3.09. The minimum Gasteiger partial charge on any atom is -0.322 e. The average molecular weight is 462 g/mol. The van der Waals surface area contributed by atoms with E-state index >= 15 is 0 Å². The van der Waals surface area contributed by atoms with Crippen molar-refractivity contribution in [1.29, 1.82) is 0 Å². The van der Waals surface area contributed by atoms with E-state index in [-0.39, 0.29) is 24.2 Å². The molecule has 4 aliphatic rings. The monoisotopic (exact) mass is 461 g/mol. The maximum atomic E-state index is 14.6. The van der Waals surface area contributed by atoms with Crippen LogP contribution in [0.2, 0.25) is 0 Å². The van der Waals surface area contributed by atoms with E-state index in [1.807, 2.05) is 0 Å². The van der Waals surface area contributed by atoms with E-state index < -0.39 is 17.8 Å². The molecule has 1 atom stereocenters. The molecule has 6 nitrogen and oxygen atoms in total. The lowest BCUT2D eigenvalue weighted by Crippen LogP contribution is -2.52. The Balaban J connectivity index is 1.17. The Hall–Kier alpha value is -3.06. The zero-order chi connectivity index (χ0) is 23.4. The molecule has 7 heteroatoms. The lowest BCUT2D eigenvalue weighted by Gasteiger charge is -2.33. The van der Waals surface area contributed by atoms with Crippen molar-refractivity contribution in [3.8, 4) is 0 Å². The van der Waals surface area contributed by atoms with Crippen LogP contribution in [-0.2, 0) is 35.5 Å². The highest BCUT2D eigenvalue weighted by molar-refractivity contribution is 6.05. The maximum absolute atomic E-state index is 14.6. The van der Waals surface area contributed by atoms with E-state index in [9.17, 15) is 18.8 Å². The Kier molecular flexibility index (Phi) is 5.25. The van der Waals surface area contributed by atoms with Crippen LogP contribution in [0.3, 0.4) is 0 Å². The Morgan fingerprint density at radius 1 is 0.941 bits per heavy atom. The quantitative estimate of drug-likeness (QED) is 0.711. The van der Waals surface area contributed by atoms with Gasteiger partial charge in [-0.05, 0) is 91.1 Å². The van der Waals surface area contributed by atoms with Gasteiger partial charge in [-0.1, -0.05) is 18.2 Å².